The van der Waals surface area contributed by atoms with Gasteiger partial charge in [-0.05, 0) is 66.4 Å². The van der Waals surface area contributed by atoms with Gasteiger partial charge in [0, 0.05) is 72.6 Å². The van der Waals surface area contributed by atoms with Crippen LogP contribution in [0.5, 0.6) is 0 Å². The van der Waals surface area contributed by atoms with E-state index in [2.05, 4.69) is 32.3 Å². The average Bonchev–Trinajstić information content (AvgIpc) is 3.51. The fraction of sp³-hybridized carbons (Fsp3) is 0.290. The second-order valence-corrected chi connectivity index (χ2v) is 11.1. The molecule has 2 N–H and O–H groups in total. The molecule has 1 saturated heterocycles. The molecule has 1 fully saturated rings. The van der Waals surface area contributed by atoms with Crippen molar-refractivity contribution in [1.29, 1.82) is 0 Å². The number of amides is 1. The van der Waals surface area contributed by atoms with E-state index in [0.717, 1.165) is 54.8 Å². The molecular formula is C31H32F3N5OS. The van der Waals surface area contributed by atoms with E-state index in [1.54, 1.807) is 47.9 Å². The number of thiophene rings is 1. The van der Waals surface area contributed by atoms with Gasteiger partial charge in [-0.3, -0.25) is 14.7 Å². The highest BCUT2D eigenvalue weighted by Gasteiger charge is 2.34. The first-order valence-corrected chi connectivity index (χ1v) is 14.4. The first kappa shape index (κ1) is 28.8. The van der Waals surface area contributed by atoms with Crippen molar-refractivity contribution in [3.63, 3.8) is 0 Å². The minimum absolute atomic E-state index is 0.260. The molecule has 0 radical (unpaired) electrons. The molecule has 214 valence electrons. The van der Waals surface area contributed by atoms with E-state index in [0.29, 0.717) is 22.6 Å². The molecule has 4 aromatic rings. The van der Waals surface area contributed by atoms with Crippen LogP contribution in [0.25, 0.3) is 10.4 Å². The number of alkyl halides is 3. The average molecular weight is 580 g/mol. The van der Waals surface area contributed by atoms with Gasteiger partial charge >= 0.3 is 6.18 Å². The van der Waals surface area contributed by atoms with Crippen molar-refractivity contribution < 1.29 is 18.0 Å². The Bertz CT molecular complexity index is 1500. The van der Waals surface area contributed by atoms with Crippen molar-refractivity contribution in [2.45, 2.75) is 26.6 Å². The second-order valence-electron chi connectivity index (χ2n) is 10.1. The van der Waals surface area contributed by atoms with Gasteiger partial charge < -0.3 is 15.5 Å². The van der Waals surface area contributed by atoms with Crippen LogP contribution in [0.2, 0.25) is 0 Å². The lowest BCUT2D eigenvalue weighted by Crippen LogP contribution is -2.45. The van der Waals surface area contributed by atoms with Crippen molar-refractivity contribution in [3.05, 3.63) is 94.6 Å². The Hall–Kier alpha value is -3.73. The third kappa shape index (κ3) is 7.13. The molecule has 0 atom stereocenters. The lowest BCUT2D eigenvalue weighted by molar-refractivity contribution is -0.138. The number of nitrogens with zero attached hydrogens (tertiary/aromatic N) is 3. The van der Waals surface area contributed by atoms with Crippen LogP contribution in [0.4, 0.5) is 30.2 Å². The number of aryl methyl sites for hydroxylation is 1. The van der Waals surface area contributed by atoms with Crippen LogP contribution in [-0.4, -0.2) is 53.4 Å². The Kier molecular flexibility index (Phi) is 8.72. The number of benzene rings is 2. The maximum Gasteiger partial charge on any atom is 0.416 e. The van der Waals surface area contributed by atoms with Crippen molar-refractivity contribution in [3.8, 4) is 10.4 Å². The zero-order valence-electron chi connectivity index (χ0n) is 23.0. The van der Waals surface area contributed by atoms with E-state index in [4.69, 9.17) is 0 Å². The first-order chi connectivity index (χ1) is 19.7. The third-order valence-electron chi connectivity index (χ3n) is 7.30. The van der Waals surface area contributed by atoms with Gasteiger partial charge in [-0.2, -0.15) is 13.2 Å². The molecule has 5 rings (SSSR count). The number of aromatic nitrogens is 1. The van der Waals surface area contributed by atoms with E-state index >= 15 is 0 Å². The minimum atomic E-state index is -4.48. The molecule has 10 heteroatoms. The highest BCUT2D eigenvalue weighted by Crippen LogP contribution is 2.36. The Labute approximate surface area is 241 Å². The quantitative estimate of drug-likeness (QED) is 0.230. The van der Waals surface area contributed by atoms with Crippen LogP contribution >= 0.6 is 11.3 Å². The maximum absolute atomic E-state index is 14.1. The fourth-order valence-electron chi connectivity index (χ4n) is 4.90. The summed E-state index contributed by atoms with van der Waals surface area (Å²) in [4.78, 5) is 22.6. The summed E-state index contributed by atoms with van der Waals surface area (Å²) in [6.07, 6.45) is -1.25. The van der Waals surface area contributed by atoms with Crippen LogP contribution in [0.3, 0.4) is 0 Å². The number of rotatable bonds is 8. The highest BCUT2D eigenvalue weighted by molar-refractivity contribution is 7.13. The monoisotopic (exact) mass is 579 g/mol. The number of anilines is 3. The highest BCUT2D eigenvalue weighted by atomic mass is 32.1. The van der Waals surface area contributed by atoms with Crippen LogP contribution in [0, 0.1) is 6.92 Å². The summed E-state index contributed by atoms with van der Waals surface area (Å²) >= 11 is 1.56. The van der Waals surface area contributed by atoms with Gasteiger partial charge in [0.1, 0.15) is 0 Å². The molecule has 2 aromatic carbocycles. The van der Waals surface area contributed by atoms with E-state index in [1.807, 2.05) is 30.5 Å². The molecule has 2 aromatic heterocycles. The molecule has 1 aliphatic rings. The lowest BCUT2D eigenvalue weighted by atomic mass is 10.0. The SMILES string of the molecule is CCN1CCN(Cc2ccc(Nc3ccc(C)c(NC(=O)c4cncc(-c5cccs5)c4)c3)cc2C(F)(F)F)CC1. The molecule has 0 bridgehead atoms. The molecule has 1 amide bonds. The van der Waals surface area contributed by atoms with E-state index in [-0.39, 0.29) is 18.0 Å². The smallest absolute Gasteiger partial charge is 0.355 e. The number of hydrogen-bond donors (Lipinski definition) is 2. The van der Waals surface area contributed by atoms with Crippen molar-refractivity contribution >= 4 is 34.3 Å². The number of halogens is 3. The fourth-order valence-corrected chi connectivity index (χ4v) is 5.61. The Morgan fingerprint density at radius 2 is 1.71 bits per heavy atom. The van der Waals surface area contributed by atoms with Gasteiger partial charge in [0.25, 0.3) is 5.91 Å². The molecule has 1 aliphatic heterocycles. The largest absolute Gasteiger partial charge is 0.416 e. The zero-order valence-corrected chi connectivity index (χ0v) is 23.8. The van der Waals surface area contributed by atoms with E-state index in [1.165, 1.54) is 6.20 Å². The molecule has 41 heavy (non-hydrogen) atoms. The predicted molar refractivity (Wildman–Crippen MR) is 159 cm³/mol. The summed E-state index contributed by atoms with van der Waals surface area (Å²) in [6.45, 7) is 8.38. The number of carbonyl (C=O) groups excluding carboxylic acids is 1. The molecule has 0 saturated carbocycles. The summed E-state index contributed by atoms with van der Waals surface area (Å²) in [5.74, 6) is -0.320. The topological polar surface area (TPSA) is 60.5 Å². The zero-order chi connectivity index (χ0) is 29.0. The predicted octanol–water partition coefficient (Wildman–Crippen LogP) is 7.27. The first-order valence-electron chi connectivity index (χ1n) is 13.5. The lowest BCUT2D eigenvalue weighted by Gasteiger charge is -2.34. The molecule has 3 heterocycles. The number of hydrogen-bond acceptors (Lipinski definition) is 6. The van der Waals surface area contributed by atoms with Crippen LogP contribution < -0.4 is 10.6 Å². The summed E-state index contributed by atoms with van der Waals surface area (Å²) in [6, 6.07) is 15.4. The van der Waals surface area contributed by atoms with Gasteiger partial charge in [0.15, 0.2) is 0 Å². The number of piperazine rings is 1. The van der Waals surface area contributed by atoms with Gasteiger partial charge in [0.2, 0.25) is 0 Å². The number of nitrogens with one attached hydrogen (secondary N) is 2. The molecule has 0 unspecified atom stereocenters. The van der Waals surface area contributed by atoms with Crippen molar-refractivity contribution in [1.82, 2.24) is 14.8 Å². The normalized spacial score (nSPS) is 14.7. The number of carbonyl (C=O) groups is 1. The second kappa shape index (κ2) is 12.4. The minimum Gasteiger partial charge on any atom is -0.355 e. The van der Waals surface area contributed by atoms with Crippen LogP contribution in [-0.2, 0) is 12.7 Å². The molecule has 0 spiro atoms. The van der Waals surface area contributed by atoms with Gasteiger partial charge in [0.05, 0.1) is 11.1 Å². The van der Waals surface area contributed by atoms with Gasteiger partial charge in [-0.15, -0.1) is 11.3 Å². The summed E-state index contributed by atoms with van der Waals surface area (Å²) in [5, 5.41) is 7.97. The van der Waals surface area contributed by atoms with E-state index < -0.39 is 11.7 Å². The number of pyridine rings is 1. The third-order valence-corrected chi connectivity index (χ3v) is 8.22. The standard InChI is InChI=1S/C31H32F3N5OS/c1-3-38-10-12-39(13-11-38)20-22-7-9-25(16-27(22)31(32,33)34)36-26-8-6-21(2)28(17-26)37-30(40)24-15-23(18-35-19-24)29-5-4-14-41-29/h4-9,14-19,36H,3,10-13,20H2,1-2H3,(H,37,40). The van der Waals surface area contributed by atoms with E-state index in [9.17, 15) is 18.0 Å². The Morgan fingerprint density at radius 1 is 0.976 bits per heavy atom. The molecule has 6 nitrogen and oxygen atoms in total. The Morgan fingerprint density at radius 3 is 2.41 bits per heavy atom. The van der Waals surface area contributed by atoms with Crippen molar-refractivity contribution in [2.24, 2.45) is 0 Å². The summed E-state index contributed by atoms with van der Waals surface area (Å²) in [5.41, 5.74) is 3.16. The number of likely N-dealkylation sites (N-methyl/N-ethyl adjacent to an activating group) is 1. The van der Waals surface area contributed by atoms with Crippen LogP contribution in [0.15, 0.2) is 72.4 Å². The molecule has 0 aliphatic carbocycles. The molecular weight excluding hydrogens is 547 g/mol. The Balaban J connectivity index is 1.31. The van der Waals surface area contributed by atoms with Crippen LogP contribution in [0.1, 0.15) is 34.0 Å². The maximum atomic E-state index is 14.1. The summed E-state index contributed by atoms with van der Waals surface area (Å²) in [7, 11) is 0. The summed E-state index contributed by atoms with van der Waals surface area (Å²) < 4.78 is 42.2. The van der Waals surface area contributed by atoms with Crippen molar-refractivity contribution in [2.75, 3.05) is 43.4 Å². The van der Waals surface area contributed by atoms with Gasteiger partial charge in [-0.25, -0.2) is 0 Å². The van der Waals surface area contributed by atoms with Gasteiger partial charge in [-0.1, -0.05) is 25.1 Å².